The maximum atomic E-state index is 14.2. The summed E-state index contributed by atoms with van der Waals surface area (Å²) in [6, 6.07) is 29.3. The number of hydrogen-bond acceptors (Lipinski definition) is 13. The van der Waals surface area contributed by atoms with Gasteiger partial charge in [0, 0.05) is 48.6 Å². The Labute approximate surface area is 397 Å². The number of benzene rings is 4. The van der Waals surface area contributed by atoms with Crippen LogP contribution in [0.5, 0.6) is 23.0 Å². The molecule has 6 heterocycles. The smallest absolute Gasteiger partial charge is 0.196 e. The molecule has 8 aromatic rings. The van der Waals surface area contributed by atoms with Crippen LogP contribution in [0.2, 0.25) is 0 Å². The molecule has 14 heteroatoms. The Bertz CT molecular complexity index is 3040. The first kappa shape index (κ1) is 44.2. The van der Waals surface area contributed by atoms with Crippen molar-refractivity contribution < 1.29 is 28.2 Å². The summed E-state index contributed by atoms with van der Waals surface area (Å²) in [6.45, 7) is 10.5. The van der Waals surface area contributed by atoms with Gasteiger partial charge in [0.05, 0.1) is 39.2 Å². The monoisotopic (exact) mass is 932 g/mol. The van der Waals surface area contributed by atoms with Gasteiger partial charge in [-0.25, -0.2) is 4.98 Å². The predicted octanol–water partition coefficient (Wildman–Crippen LogP) is 11.1. The Hall–Kier alpha value is -6.61. The maximum absolute atomic E-state index is 14.2. The average molecular weight is 933 g/mol. The number of nitrogens with zero attached hydrogens (tertiary/aromatic N) is 6. The van der Waals surface area contributed by atoms with Crippen LogP contribution in [0, 0.1) is 26.7 Å². The average Bonchev–Trinajstić information content (AvgIpc) is 4.15. The lowest BCUT2D eigenvalue weighted by Crippen LogP contribution is -2.36. The van der Waals surface area contributed by atoms with Gasteiger partial charge in [0.2, 0.25) is 0 Å². The second-order valence-corrected chi connectivity index (χ2v) is 19.3. The molecule has 0 radical (unpaired) electrons. The fraction of sp³-hybridized carbons (Fsp3) is 0.302. The van der Waals surface area contributed by atoms with Crippen LogP contribution in [-0.4, -0.2) is 83.2 Å². The number of fused-ring (bicyclic) bond motifs is 4. The number of piperidine rings is 1. The molecule has 0 N–H and O–H groups in total. The van der Waals surface area contributed by atoms with Crippen LogP contribution in [0.15, 0.2) is 113 Å². The molecule has 67 heavy (non-hydrogen) atoms. The standard InChI is InChI=1S/C53H52N6O6S2/c1-32-33(2)66-53-47(32)49(55-44(31-46-54-23-28-65-46)52-57-56-34(3)59(52)53)36-6-14-40(15-7-36)63-27-22-35-20-24-58(25-21-35)26-29-64-41-16-8-37(9-17-41)50(60)48-43-19-18-42(62-5)30-45(43)67-51(48)38-10-12-39(61-4)13-11-38/h6-19,23,28,30,35,44H,20-22,24-27,29,31H2,1-5H3/t44-/m0/s1. The van der Waals surface area contributed by atoms with Crippen LogP contribution >= 0.6 is 22.7 Å². The Morgan fingerprint density at radius 1 is 0.791 bits per heavy atom. The third-order valence-corrected chi connectivity index (χ3v) is 15.4. The van der Waals surface area contributed by atoms with Crippen molar-refractivity contribution in [1.82, 2.24) is 24.6 Å². The van der Waals surface area contributed by atoms with E-state index in [0.717, 1.165) is 116 Å². The number of aromatic nitrogens is 4. The Kier molecular flexibility index (Phi) is 12.8. The summed E-state index contributed by atoms with van der Waals surface area (Å²) in [7, 11) is 3.30. The molecule has 0 amide bonds. The van der Waals surface area contributed by atoms with Gasteiger partial charge < -0.3 is 23.4 Å². The van der Waals surface area contributed by atoms with E-state index in [4.69, 9.17) is 28.4 Å². The van der Waals surface area contributed by atoms with Crippen LogP contribution in [0.1, 0.15) is 80.3 Å². The first-order valence-corrected chi connectivity index (χ1v) is 24.3. The normalized spacial score (nSPS) is 15.2. The second kappa shape index (κ2) is 19.3. The molecule has 2 aliphatic rings. The first-order chi connectivity index (χ1) is 32.7. The van der Waals surface area contributed by atoms with Gasteiger partial charge in [-0.2, -0.15) is 0 Å². The number of likely N-dealkylation sites (tertiary alicyclic amines) is 1. The molecule has 0 bridgehead atoms. The van der Waals surface area contributed by atoms with E-state index in [0.29, 0.717) is 42.6 Å². The molecule has 1 saturated heterocycles. The van der Waals surface area contributed by atoms with Gasteiger partial charge in [-0.3, -0.25) is 19.3 Å². The van der Waals surface area contributed by atoms with E-state index in [1.807, 2.05) is 73.7 Å². The van der Waals surface area contributed by atoms with Gasteiger partial charge in [0.15, 0.2) is 17.5 Å². The third kappa shape index (κ3) is 9.13. The molecule has 1 atom stereocenters. The molecule has 4 aromatic carbocycles. The van der Waals surface area contributed by atoms with Crippen molar-refractivity contribution in [2.75, 3.05) is 47.1 Å². The van der Waals surface area contributed by atoms with E-state index in [2.05, 4.69) is 62.8 Å². The van der Waals surface area contributed by atoms with Crippen LogP contribution in [0.25, 0.3) is 25.5 Å². The Morgan fingerprint density at radius 2 is 1.48 bits per heavy atom. The molecule has 0 saturated carbocycles. The molecule has 0 unspecified atom stereocenters. The minimum absolute atomic E-state index is 0.0274. The summed E-state index contributed by atoms with van der Waals surface area (Å²) in [6.07, 6.45) is 7.01. The summed E-state index contributed by atoms with van der Waals surface area (Å²) in [5.41, 5.74) is 6.54. The van der Waals surface area contributed by atoms with Gasteiger partial charge in [0.25, 0.3) is 0 Å². The second-order valence-electron chi connectivity index (χ2n) is 17.1. The van der Waals surface area contributed by atoms with E-state index in [1.165, 1.54) is 10.4 Å². The molecule has 12 nitrogen and oxygen atoms in total. The van der Waals surface area contributed by atoms with E-state index in [9.17, 15) is 4.79 Å². The zero-order valence-corrected chi connectivity index (χ0v) is 39.9. The highest BCUT2D eigenvalue weighted by Gasteiger charge is 2.32. The quantitative estimate of drug-likeness (QED) is 0.0864. The molecule has 10 rings (SSSR count). The van der Waals surface area contributed by atoms with E-state index < -0.39 is 0 Å². The van der Waals surface area contributed by atoms with Gasteiger partial charge in [-0.05, 0) is 161 Å². The van der Waals surface area contributed by atoms with Crippen molar-refractivity contribution in [2.24, 2.45) is 10.9 Å². The fourth-order valence-electron chi connectivity index (χ4n) is 9.11. The van der Waals surface area contributed by atoms with Gasteiger partial charge >= 0.3 is 0 Å². The Balaban J connectivity index is 0.710. The molecule has 0 aliphatic carbocycles. The topological polar surface area (TPSA) is 126 Å². The zero-order chi connectivity index (χ0) is 46.0. The number of aryl methyl sites for hydroxylation is 2. The number of carbonyl (C=O) groups excluding carboxylic acids is 1. The van der Waals surface area contributed by atoms with Crippen molar-refractivity contribution in [3.8, 4) is 38.4 Å². The highest BCUT2D eigenvalue weighted by Crippen LogP contribution is 2.43. The van der Waals surface area contributed by atoms with Crippen molar-refractivity contribution in [3.63, 3.8) is 0 Å². The molecule has 342 valence electrons. The number of carbonyl (C=O) groups is 1. The summed E-state index contributed by atoms with van der Waals surface area (Å²) >= 11 is 3.34. The number of thiophene rings is 2. The number of hydrogen-bond donors (Lipinski definition) is 0. The third-order valence-electron chi connectivity index (χ3n) is 13.0. The largest absolute Gasteiger partial charge is 0.497 e. The van der Waals surface area contributed by atoms with Crippen LogP contribution < -0.4 is 18.9 Å². The number of rotatable bonds is 16. The lowest BCUT2D eigenvalue weighted by Gasteiger charge is -2.31. The minimum Gasteiger partial charge on any atom is -0.497 e. The highest BCUT2D eigenvalue weighted by molar-refractivity contribution is 7.22. The number of ether oxygens (including phenoxy) is 4. The SMILES string of the molecule is COc1ccc(-c2sc3cc(OC)ccc3c2C(=O)c2ccc(OCCN3CCC(CCOc4ccc(C5=N[C@@H](Cc6ncco6)c6nnc(C)n6-c6sc(C)c(C)c65)cc4)CC3)cc2)cc1. The van der Waals surface area contributed by atoms with Crippen molar-refractivity contribution >= 4 is 44.3 Å². The molecule has 0 spiro atoms. The van der Waals surface area contributed by atoms with Crippen LogP contribution in [0.4, 0.5) is 0 Å². The van der Waals surface area contributed by atoms with Gasteiger partial charge in [-0.1, -0.05) is 0 Å². The molecular weight excluding hydrogens is 881 g/mol. The van der Waals surface area contributed by atoms with E-state index in [1.54, 1.807) is 49.4 Å². The highest BCUT2D eigenvalue weighted by atomic mass is 32.1. The number of methoxy groups -OCH3 is 2. The van der Waals surface area contributed by atoms with Gasteiger partial charge in [0.1, 0.15) is 52.7 Å². The summed E-state index contributed by atoms with van der Waals surface area (Å²) in [4.78, 5) is 28.6. The Morgan fingerprint density at radius 3 is 2.19 bits per heavy atom. The summed E-state index contributed by atoms with van der Waals surface area (Å²) < 4.78 is 32.2. The number of oxazole rings is 1. The van der Waals surface area contributed by atoms with Crippen molar-refractivity contribution in [3.05, 3.63) is 154 Å². The predicted molar refractivity (Wildman–Crippen MR) is 263 cm³/mol. The van der Waals surface area contributed by atoms with Crippen LogP contribution in [-0.2, 0) is 6.42 Å². The summed E-state index contributed by atoms with van der Waals surface area (Å²) in [5, 5.41) is 11.0. The van der Waals surface area contributed by atoms with Gasteiger partial charge in [-0.15, -0.1) is 32.9 Å². The molecule has 4 aromatic heterocycles. The first-order valence-electron chi connectivity index (χ1n) is 22.7. The van der Waals surface area contributed by atoms with E-state index >= 15 is 0 Å². The molecule has 2 aliphatic heterocycles. The lowest BCUT2D eigenvalue weighted by molar-refractivity contribution is 0.104. The number of aliphatic imine (C=N–C) groups is 1. The lowest BCUT2D eigenvalue weighted by atomic mass is 9.94. The maximum Gasteiger partial charge on any atom is 0.196 e. The molecule has 1 fully saturated rings. The van der Waals surface area contributed by atoms with Crippen LogP contribution in [0.3, 0.4) is 0 Å². The van der Waals surface area contributed by atoms with Crippen molar-refractivity contribution in [2.45, 2.75) is 52.5 Å². The van der Waals surface area contributed by atoms with E-state index in [-0.39, 0.29) is 11.8 Å². The number of ketones is 1. The fourth-order valence-corrected chi connectivity index (χ4v) is 11.6. The molecular formula is C53H52N6O6S2. The zero-order valence-electron chi connectivity index (χ0n) is 38.3. The summed E-state index contributed by atoms with van der Waals surface area (Å²) in [5.74, 6) is 5.95. The van der Waals surface area contributed by atoms with Crippen molar-refractivity contribution in [1.29, 1.82) is 0 Å². The minimum atomic E-state index is -0.313.